The van der Waals surface area contributed by atoms with Gasteiger partial charge in [0, 0.05) is 19.4 Å². The molecule has 0 radical (unpaired) electrons. The number of rotatable bonds is 44. The number of carbonyl (C=O) groups is 2. The molecule has 0 fully saturated rings. The van der Waals surface area contributed by atoms with Gasteiger partial charge in [0.25, 0.3) is 0 Å². The van der Waals surface area contributed by atoms with Crippen molar-refractivity contribution in [3.63, 3.8) is 0 Å². The normalized spacial score (nSPS) is 13.8. The van der Waals surface area contributed by atoms with E-state index in [1.54, 1.807) is 0 Å². The molecular weight excluding hydrogens is 762 g/mol. The summed E-state index contributed by atoms with van der Waals surface area (Å²) < 4.78 is 32.8. The minimum Gasteiger partial charge on any atom is -0.462 e. The molecule has 1 unspecified atom stereocenters. The monoisotopic (exact) mass is 850 g/mol. The zero-order valence-electron chi connectivity index (χ0n) is 37.7. The van der Waals surface area contributed by atoms with Crippen LogP contribution in [0.1, 0.15) is 206 Å². The summed E-state index contributed by atoms with van der Waals surface area (Å²) in [6.07, 6.45) is 54.0. The molecule has 0 aliphatic rings. The van der Waals surface area contributed by atoms with Gasteiger partial charge >= 0.3 is 19.8 Å². The van der Waals surface area contributed by atoms with Gasteiger partial charge in [-0.25, -0.2) is 4.57 Å². The number of unbranched alkanes of at least 4 members (excludes halogenated alkanes) is 21. The molecule has 0 aromatic carbocycles. The number of allylic oxidation sites excluding steroid dienone is 10. The quantitative estimate of drug-likeness (QED) is 0.0266. The Morgan fingerprint density at radius 3 is 1.41 bits per heavy atom. The third-order valence-corrected chi connectivity index (χ3v) is 10.9. The highest BCUT2D eigenvalue weighted by atomic mass is 31.2. The van der Waals surface area contributed by atoms with Crippen molar-refractivity contribution in [2.45, 2.75) is 213 Å². The molecule has 0 bridgehead atoms. The van der Waals surface area contributed by atoms with Crippen LogP contribution >= 0.6 is 7.82 Å². The number of nitrogens with two attached hydrogens (primary N) is 1. The van der Waals surface area contributed by atoms with E-state index in [0.717, 1.165) is 38.5 Å². The fourth-order valence-corrected chi connectivity index (χ4v) is 7.09. The Labute approximate surface area is 361 Å². The van der Waals surface area contributed by atoms with Gasteiger partial charge in [0.2, 0.25) is 0 Å². The van der Waals surface area contributed by atoms with Gasteiger partial charge in [-0.1, -0.05) is 177 Å². The number of carbonyl (C=O) groups excluding carboxylic acids is 2. The van der Waals surface area contributed by atoms with Crippen LogP contribution in [0.25, 0.3) is 0 Å². The lowest BCUT2D eigenvalue weighted by Crippen LogP contribution is -2.29. The van der Waals surface area contributed by atoms with E-state index in [-0.39, 0.29) is 32.6 Å². The van der Waals surface area contributed by atoms with E-state index >= 15 is 0 Å². The molecule has 0 aromatic heterocycles. The standard InChI is InChI=1S/C49H88NO8P/c1-3-5-7-9-11-13-15-17-19-21-22-23-24-26-27-29-31-33-35-37-39-41-48(51)55-45-47(46-57-59(53,54)56-44-43-50)58-49(52)42-40-38-36-34-32-30-28-25-20-18-16-14-12-10-8-6-4-2/h12,14,17-20,28,30,34,36,47H,3-11,13,15-16,21-27,29,31-33,35,37-46,50H2,1-2H3,(H,53,54)/b14-12-,19-17-,20-18-,30-28-,36-34-/t47-/m1/s1. The maximum absolute atomic E-state index is 12.6. The zero-order valence-corrected chi connectivity index (χ0v) is 38.6. The zero-order chi connectivity index (χ0) is 43.2. The van der Waals surface area contributed by atoms with Crippen LogP contribution in [0.4, 0.5) is 0 Å². The average Bonchev–Trinajstić information content (AvgIpc) is 3.22. The van der Waals surface area contributed by atoms with Crippen LogP contribution in [0.2, 0.25) is 0 Å². The Morgan fingerprint density at radius 1 is 0.508 bits per heavy atom. The molecule has 0 aliphatic heterocycles. The SMILES string of the molecule is CCCCC/C=C\C/C=C\C/C=C\C/C=C\CCCC(=O)O[C@H](COC(=O)CCCCCCCCCCCCC/C=C\CCCCCCCC)COP(=O)(O)OCCN. The number of esters is 2. The molecule has 0 saturated carbocycles. The van der Waals surface area contributed by atoms with Crippen LogP contribution in [0.15, 0.2) is 60.8 Å². The summed E-state index contributed by atoms with van der Waals surface area (Å²) in [6.45, 7) is 3.65. The molecule has 0 saturated heterocycles. The number of ether oxygens (including phenoxy) is 2. The predicted octanol–water partition coefficient (Wildman–Crippen LogP) is 14.1. The summed E-state index contributed by atoms with van der Waals surface area (Å²) in [4.78, 5) is 34.9. The van der Waals surface area contributed by atoms with Crippen molar-refractivity contribution in [1.82, 2.24) is 0 Å². The van der Waals surface area contributed by atoms with Gasteiger partial charge < -0.3 is 20.1 Å². The summed E-state index contributed by atoms with van der Waals surface area (Å²) in [5.74, 6) is -0.894. The fourth-order valence-electron chi connectivity index (χ4n) is 6.33. The number of hydrogen-bond acceptors (Lipinski definition) is 8. The molecule has 342 valence electrons. The van der Waals surface area contributed by atoms with Crippen molar-refractivity contribution in [1.29, 1.82) is 0 Å². The highest BCUT2D eigenvalue weighted by Gasteiger charge is 2.26. The summed E-state index contributed by atoms with van der Waals surface area (Å²) in [5.41, 5.74) is 5.35. The minimum absolute atomic E-state index is 0.0429. The predicted molar refractivity (Wildman–Crippen MR) is 247 cm³/mol. The second-order valence-electron chi connectivity index (χ2n) is 15.6. The lowest BCUT2D eigenvalue weighted by atomic mass is 10.0. The van der Waals surface area contributed by atoms with Gasteiger partial charge in [-0.05, 0) is 77.0 Å². The highest BCUT2D eigenvalue weighted by molar-refractivity contribution is 7.47. The Balaban J connectivity index is 4.16. The van der Waals surface area contributed by atoms with Crippen molar-refractivity contribution in [3.8, 4) is 0 Å². The molecule has 3 N–H and O–H groups in total. The van der Waals surface area contributed by atoms with Crippen LogP contribution in [0, 0.1) is 0 Å². The van der Waals surface area contributed by atoms with Crippen molar-refractivity contribution in [2.24, 2.45) is 5.73 Å². The van der Waals surface area contributed by atoms with Crippen LogP contribution < -0.4 is 5.73 Å². The number of hydrogen-bond donors (Lipinski definition) is 2. The summed E-state index contributed by atoms with van der Waals surface area (Å²) in [7, 11) is -4.40. The first-order valence-electron chi connectivity index (χ1n) is 23.8. The van der Waals surface area contributed by atoms with E-state index in [9.17, 15) is 19.0 Å². The molecule has 59 heavy (non-hydrogen) atoms. The first kappa shape index (κ1) is 56.7. The highest BCUT2D eigenvalue weighted by Crippen LogP contribution is 2.43. The van der Waals surface area contributed by atoms with Crippen LogP contribution in [0.5, 0.6) is 0 Å². The lowest BCUT2D eigenvalue weighted by Gasteiger charge is -2.19. The lowest BCUT2D eigenvalue weighted by molar-refractivity contribution is -0.161. The second-order valence-corrected chi connectivity index (χ2v) is 17.1. The summed E-state index contributed by atoms with van der Waals surface area (Å²) in [6, 6.07) is 0. The number of phosphoric ester groups is 1. The maximum atomic E-state index is 12.6. The molecular formula is C49H88NO8P. The number of phosphoric acid groups is 1. The van der Waals surface area contributed by atoms with E-state index in [2.05, 4.69) is 68.5 Å². The van der Waals surface area contributed by atoms with Crippen molar-refractivity contribution < 1.29 is 37.6 Å². The van der Waals surface area contributed by atoms with Gasteiger partial charge in [-0.3, -0.25) is 18.6 Å². The minimum atomic E-state index is -4.40. The first-order chi connectivity index (χ1) is 28.8. The fraction of sp³-hybridized carbons (Fsp3) is 0.755. The molecule has 0 heterocycles. The topological polar surface area (TPSA) is 134 Å². The third kappa shape index (κ3) is 45.1. The first-order valence-corrected chi connectivity index (χ1v) is 25.3. The van der Waals surface area contributed by atoms with Gasteiger partial charge in [0.1, 0.15) is 6.61 Å². The van der Waals surface area contributed by atoms with Crippen LogP contribution in [0.3, 0.4) is 0 Å². The smallest absolute Gasteiger partial charge is 0.462 e. The Morgan fingerprint density at radius 2 is 0.898 bits per heavy atom. The van der Waals surface area contributed by atoms with Crippen molar-refractivity contribution >= 4 is 19.8 Å². The van der Waals surface area contributed by atoms with Crippen LogP contribution in [-0.4, -0.2) is 49.3 Å². The third-order valence-electron chi connectivity index (χ3n) is 9.88. The molecule has 0 aliphatic carbocycles. The maximum Gasteiger partial charge on any atom is 0.472 e. The molecule has 0 rings (SSSR count). The van der Waals surface area contributed by atoms with Gasteiger partial charge in [-0.15, -0.1) is 0 Å². The molecule has 9 nitrogen and oxygen atoms in total. The van der Waals surface area contributed by atoms with Gasteiger partial charge in [-0.2, -0.15) is 0 Å². The van der Waals surface area contributed by atoms with Gasteiger partial charge in [0.05, 0.1) is 13.2 Å². The molecule has 0 amide bonds. The molecule has 0 spiro atoms. The van der Waals surface area contributed by atoms with E-state index in [0.29, 0.717) is 12.8 Å². The Bertz CT molecular complexity index is 1150. The molecule has 2 atom stereocenters. The Hall–Kier alpha value is -2.29. The summed E-state index contributed by atoms with van der Waals surface area (Å²) in [5, 5.41) is 0. The Kier molecular flexibility index (Phi) is 43.5. The summed E-state index contributed by atoms with van der Waals surface area (Å²) >= 11 is 0. The second kappa shape index (κ2) is 45.2. The largest absolute Gasteiger partial charge is 0.472 e. The van der Waals surface area contributed by atoms with E-state index in [4.69, 9.17) is 24.3 Å². The van der Waals surface area contributed by atoms with Crippen molar-refractivity contribution in [3.05, 3.63) is 60.8 Å². The van der Waals surface area contributed by atoms with E-state index < -0.39 is 32.5 Å². The van der Waals surface area contributed by atoms with Crippen LogP contribution in [-0.2, 0) is 32.7 Å². The molecule has 0 aromatic rings. The van der Waals surface area contributed by atoms with Gasteiger partial charge in [0.15, 0.2) is 6.10 Å². The van der Waals surface area contributed by atoms with E-state index in [1.807, 2.05) is 6.08 Å². The van der Waals surface area contributed by atoms with E-state index in [1.165, 1.54) is 128 Å². The molecule has 10 heteroatoms. The van der Waals surface area contributed by atoms with Crippen molar-refractivity contribution in [2.75, 3.05) is 26.4 Å². The average molecular weight is 850 g/mol.